The van der Waals surface area contributed by atoms with Gasteiger partial charge in [-0.3, -0.25) is 19.8 Å². The van der Waals surface area contributed by atoms with Crippen LogP contribution in [0.4, 0.5) is 0 Å². The van der Waals surface area contributed by atoms with Crippen LogP contribution in [0.25, 0.3) is 10.8 Å². The van der Waals surface area contributed by atoms with Gasteiger partial charge in [0.05, 0.1) is 10.3 Å². The van der Waals surface area contributed by atoms with Crippen molar-refractivity contribution in [2.24, 2.45) is 5.73 Å². The Labute approximate surface area is 171 Å². The molecule has 2 aromatic carbocycles. The van der Waals surface area contributed by atoms with E-state index >= 15 is 0 Å². The molecule has 11 heteroatoms. The van der Waals surface area contributed by atoms with Crippen LogP contribution in [0, 0.1) is 0 Å². The Morgan fingerprint density at radius 1 is 1.07 bits per heavy atom. The molecule has 1 heterocycles. The molecule has 0 atom stereocenters. The molecule has 3 aromatic rings. The first-order valence-corrected chi connectivity index (χ1v) is 10.4. The average Bonchev–Trinajstić information content (AvgIpc) is 2.74. The maximum absolute atomic E-state index is 12.7. The van der Waals surface area contributed by atoms with Gasteiger partial charge in [-0.1, -0.05) is 25.1 Å². The summed E-state index contributed by atoms with van der Waals surface area (Å²) in [7, 11) is -4.12. The lowest BCUT2D eigenvalue weighted by Crippen LogP contribution is -2.42. The lowest BCUT2D eigenvalue weighted by molar-refractivity contribution is 0.0938. The van der Waals surface area contributed by atoms with E-state index in [9.17, 15) is 22.8 Å². The third-order valence-electron chi connectivity index (χ3n) is 4.27. The Hall–Kier alpha value is -3.57. The number of primary amides is 1. The first kappa shape index (κ1) is 21.1. The van der Waals surface area contributed by atoms with E-state index in [4.69, 9.17) is 5.73 Å². The molecule has 0 radical (unpaired) electrons. The number of hydrogen-bond donors (Lipinski definition) is 3. The number of rotatable bonds is 7. The second kappa shape index (κ2) is 8.43. The standard InChI is InChI=1S/C19H19N5O5S/c1-2-11-24-19(27)15-6-4-3-5-14(15)16(22-24)18(26)21-23-30(28,29)13-9-7-12(8-10-13)17(20)25/h3-10,23H,2,11H2,1H3,(H2,20,25)(H,21,26). The predicted octanol–water partition coefficient (Wildman–Crippen LogP) is 0.529. The summed E-state index contributed by atoms with van der Waals surface area (Å²) < 4.78 is 26.0. The van der Waals surface area contributed by atoms with Gasteiger partial charge in [0.2, 0.25) is 5.91 Å². The number of nitrogens with two attached hydrogens (primary N) is 1. The number of hydrogen-bond acceptors (Lipinski definition) is 6. The van der Waals surface area contributed by atoms with E-state index in [0.717, 1.165) is 0 Å². The van der Waals surface area contributed by atoms with E-state index in [1.807, 2.05) is 11.8 Å². The minimum absolute atomic E-state index is 0.0922. The summed E-state index contributed by atoms with van der Waals surface area (Å²) in [4.78, 5) is 38.1. The fourth-order valence-electron chi connectivity index (χ4n) is 2.80. The minimum atomic E-state index is -4.12. The second-order valence-electron chi connectivity index (χ2n) is 6.37. The summed E-state index contributed by atoms with van der Waals surface area (Å²) in [5.74, 6) is -1.52. The molecule has 1 aromatic heterocycles. The fourth-order valence-corrected chi connectivity index (χ4v) is 3.64. The van der Waals surface area contributed by atoms with Crippen LogP contribution >= 0.6 is 0 Å². The number of benzene rings is 2. The summed E-state index contributed by atoms with van der Waals surface area (Å²) in [6, 6.07) is 11.3. The monoisotopic (exact) mass is 429 g/mol. The summed E-state index contributed by atoms with van der Waals surface area (Å²) >= 11 is 0. The molecule has 10 nitrogen and oxygen atoms in total. The number of sulfonamides is 1. The van der Waals surface area contributed by atoms with Crippen LogP contribution in [-0.4, -0.2) is 30.0 Å². The van der Waals surface area contributed by atoms with Crippen molar-refractivity contribution in [2.45, 2.75) is 24.8 Å². The van der Waals surface area contributed by atoms with Crippen LogP contribution in [0.15, 0.2) is 58.2 Å². The van der Waals surface area contributed by atoms with E-state index in [2.05, 4.69) is 10.5 Å². The van der Waals surface area contributed by atoms with Crippen LogP contribution in [0.5, 0.6) is 0 Å². The molecule has 0 unspecified atom stereocenters. The SMILES string of the molecule is CCCn1nc(C(=O)NNS(=O)(=O)c2ccc(C(N)=O)cc2)c2ccccc2c1=O. The lowest BCUT2D eigenvalue weighted by atomic mass is 10.1. The van der Waals surface area contributed by atoms with Gasteiger partial charge in [-0.15, -0.1) is 4.83 Å². The first-order valence-electron chi connectivity index (χ1n) is 8.96. The van der Waals surface area contributed by atoms with Crippen molar-refractivity contribution >= 4 is 32.6 Å². The van der Waals surface area contributed by atoms with E-state index < -0.39 is 21.8 Å². The molecule has 3 rings (SSSR count). The zero-order valence-corrected chi connectivity index (χ0v) is 16.8. The average molecular weight is 429 g/mol. The largest absolute Gasteiger partial charge is 0.366 e. The third kappa shape index (κ3) is 4.21. The van der Waals surface area contributed by atoms with Gasteiger partial charge in [-0.2, -0.15) is 5.10 Å². The number of carbonyl (C=O) groups excluding carboxylic acids is 2. The van der Waals surface area contributed by atoms with Crippen LogP contribution in [0.2, 0.25) is 0 Å². The van der Waals surface area contributed by atoms with Crippen molar-refractivity contribution in [2.75, 3.05) is 0 Å². The zero-order valence-electron chi connectivity index (χ0n) is 16.0. The number of nitrogens with zero attached hydrogens (tertiary/aromatic N) is 2. The molecule has 0 aliphatic heterocycles. The van der Waals surface area contributed by atoms with E-state index in [0.29, 0.717) is 23.7 Å². The molecule has 0 bridgehead atoms. The molecule has 30 heavy (non-hydrogen) atoms. The quantitative estimate of drug-likeness (QED) is 0.466. The van der Waals surface area contributed by atoms with Crippen LogP contribution < -0.4 is 21.5 Å². The molecule has 156 valence electrons. The number of amides is 2. The Morgan fingerprint density at radius 3 is 2.30 bits per heavy atom. The highest BCUT2D eigenvalue weighted by molar-refractivity contribution is 7.89. The predicted molar refractivity (Wildman–Crippen MR) is 109 cm³/mol. The first-order chi connectivity index (χ1) is 14.2. The highest BCUT2D eigenvalue weighted by Gasteiger charge is 2.20. The number of fused-ring (bicyclic) bond motifs is 1. The third-order valence-corrected chi connectivity index (χ3v) is 5.53. The van der Waals surface area contributed by atoms with Gasteiger partial charge in [0.15, 0.2) is 5.69 Å². The highest BCUT2D eigenvalue weighted by Crippen LogP contribution is 2.14. The van der Waals surface area contributed by atoms with Crippen LogP contribution in [0.3, 0.4) is 0 Å². The smallest absolute Gasteiger partial charge is 0.287 e. The van der Waals surface area contributed by atoms with E-state index in [1.165, 1.54) is 28.9 Å². The molecule has 4 N–H and O–H groups in total. The number of aromatic nitrogens is 2. The van der Waals surface area contributed by atoms with Crippen LogP contribution in [0.1, 0.15) is 34.2 Å². The minimum Gasteiger partial charge on any atom is -0.366 e. The maximum Gasteiger partial charge on any atom is 0.287 e. The van der Waals surface area contributed by atoms with Crippen molar-refractivity contribution < 1.29 is 18.0 Å². The summed E-state index contributed by atoms with van der Waals surface area (Å²) in [5, 5.41) is 4.71. The molecular formula is C19H19N5O5S. The number of hydrazine groups is 1. The molecule has 0 aliphatic carbocycles. The van der Waals surface area contributed by atoms with Gasteiger partial charge >= 0.3 is 0 Å². The normalized spacial score (nSPS) is 11.4. The van der Waals surface area contributed by atoms with E-state index in [1.54, 1.807) is 24.3 Å². The second-order valence-corrected chi connectivity index (χ2v) is 8.05. The molecule has 0 spiro atoms. The number of carbonyl (C=O) groups is 2. The van der Waals surface area contributed by atoms with Crippen molar-refractivity contribution in [3.8, 4) is 0 Å². The van der Waals surface area contributed by atoms with Crippen molar-refractivity contribution in [3.05, 3.63) is 70.1 Å². The number of nitrogens with one attached hydrogen (secondary N) is 2. The number of aryl methyl sites for hydroxylation is 1. The van der Waals surface area contributed by atoms with Crippen molar-refractivity contribution in [1.29, 1.82) is 0 Å². The zero-order chi connectivity index (χ0) is 21.9. The van der Waals surface area contributed by atoms with Gasteiger partial charge in [-0.05, 0) is 36.8 Å². The molecule has 0 fully saturated rings. The molecule has 0 saturated carbocycles. The Kier molecular flexibility index (Phi) is 5.94. The summed E-state index contributed by atoms with van der Waals surface area (Å²) in [5.41, 5.74) is 6.96. The molecular weight excluding hydrogens is 410 g/mol. The van der Waals surface area contributed by atoms with Gasteiger partial charge in [0.25, 0.3) is 21.5 Å². The molecule has 0 aliphatic rings. The maximum atomic E-state index is 12.7. The topological polar surface area (TPSA) is 153 Å². The summed E-state index contributed by atoms with van der Waals surface area (Å²) in [6.07, 6.45) is 0.625. The summed E-state index contributed by atoms with van der Waals surface area (Å²) in [6.45, 7) is 2.17. The Morgan fingerprint density at radius 2 is 1.70 bits per heavy atom. The van der Waals surface area contributed by atoms with Gasteiger partial charge < -0.3 is 5.73 Å². The molecule has 0 saturated heterocycles. The van der Waals surface area contributed by atoms with Gasteiger partial charge in [0.1, 0.15) is 0 Å². The fraction of sp³-hybridized carbons (Fsp3) is 0.158. The van der Waals surface area contributed by atoms with E-state index in [-0.39, 0.29) is 21.7 Å². The van der Waals surface area contributed by atoms with Gasteiger partial charge in [-0.25, -0.2) is 13.1 Å². The highest BCUT2D eigenvalue weighted by atomic mass is 32.2. The van der Waals surface area contributed by atoms with Gasteiger partial charge in [0, 0.05) is 17.5 Å². The Balaban J connectivity index is 1.89. The lowest BCUT2D eigenvalue weighted by Gasteiger charge is -2.12. The molecule has 2 amide bonds. The van der Waals surface area contributed by atoms with Crippen molar-refractivity contribution in [1.82, 2.24) is 20.0 Å². The Bertz CT molecular complexity index is 1280. The van der Waals surface area contributed by atoms with Crippen molar-refractivity contribution in [3.63, 3.8) is 0 Å². The van der Waals surface area contributed by atoms with Crippen LogP contribution in [-0.2, 0) is 16.6 Å².